The van der Waals surface area contributed by atoms with Crippen LogP contribution in [-0.2, 0) is 4.79 Å². The van der Waals surface area contributed by atoms with Gasteiger partial charge in [-0.2, -0.15) is 0 Å². The van der Waals surface area contributed by atoms with Crippen LogP contribution >= 0.6 is 11.6 Å². The lowest BCUT2D eigenvalue weighted by Crippen LogP contribution is -2.52. The van der Waals surface area contributed by atoms with Crippen LogP contribution in [0.5, 0.6) is 5.75 Å². The minimum absolute atomic E-state index is 0.0398. The van der Waals surface area contributed by atoms with Crippen LogP contribution in [0.2, 0.25) is 5.02 Å². The van der Waals surface area contributed by atoms with E-state index >= 15 is 0 Å². The topological polar surface area (TPSA) is 32.8 Å². The zero-order chi connectivity index (χ0) is 19.4. The Hall–Kier alpha value is -2.20. The summed E-state index contributed by atoms with van der Waals surface area (Å²) in [6.07, 6.45) is 0.110. The van der Waals surface area contributed by atoms with Crippen molar-refractivity contribution >= 4 is 23.2 Å². The molecule has 0 aromatic heterocycles. The van der Waals surface area contributed by atoms with Gasteiger partial charge in [0.2, 0.25) is 0 Å². The van der Waals surface area contributed by atoms with Crippen molar-refractivity contribution in [2.75, 3.05) is 31.1 Å². The molecule has 3 rings (SSSR count). The fourth-order valence-electron chi connectivity index (χ4n) is 3.45. The number of hydrogen-bond acceptors (Lipinski definition) is 3. The van der Waals surface area contributed by atoms with Gasteiger partial charge in [-0.3, -0.25) is 4.79 Å². The van der Waals surface area contributed by atoms with Crippen molar-refractivity contribution in [3.05, 3.63) is 58.6 Å². The van der Waals surface area contributed by atoms with Crippen molar-refractivity contribution < 1.29 is 9.53 Å². The number of carbonyl (C=O) groups excluding carboxylic acids is 1. The van der Waals surface area contributed by atoms with Gasteiger partial charge in [-0.05, 0) is 49.6 Å². The highest BCUT2D eigenvalue weighted by Gasteiger charge is 2.28. The summed E-state index contributed by atoms with van der Waals surface area (Å²) >= 11 is 6.17. The molecule has 0 bridgehead atoms. The van der Waals surface area contributed by atoms with E-state index in [1.165, 1.54) is 16.8 Å². The van der Waals surface area contributed by atoms with Crippen molar-refractivity contribution in [2.45, 2.75) is 33.3 Å². The Balaban J connectivity index is 1.63. The zero-order valence-corrected chi connectivity index (χ0v) is 17.0. The number of aryl methyl sites for hydroxylation is 1. The van der Waals surface area contributed by atoms with Gasteiger partial charge >= 0.3 is 0 Å². The molecule has 0 spiro atoms. The van der Waals surface area contributed by atoms with Crippen molar-refractivity contribution in [2.24, 2.45) is 0 Å². The van der Waals surface area contributed by atoms with E-state index in [0.29, 0.717) is 30.3 Å². The van der Waals surface area contributed by atoms with E-state index in [4.69, 9.17) is 16.3 Å². The van der Waals surface area contributed by atoms with E-state index < -0.39 is 6.10 Å². The number of halogens is 1. The second-order valence-electron chi connectivity index (χ2n) is 6.98. The molecular formula is C22H27ClN2O2. The summed E-state index contributed by atoms with van der Waals surface area (Å²) in [7, 11) is 0. The first-order chi connectivity index (χ1) is 13.0. The number of anilines is 1. The standard InChI is InChI=1S/C22H27ClN2O2/c1-4-20(27-21-11-6-5-9-18(21)23)22(26)25-14-12-24(13-15-25)19-10-7-8-16(2)17(19)3/h5-11,20H,4,12-15H2,1-3H3/t20-/m0/s1. The van der Waals surface area contributed by atoms with Crippen molar-refractivity contribution in [1.29, 1.82) is 0 Å². The Morgan fingerprint density at radius 3 is 2.44 bits per heavy atom. The predicted octanol–water partition coefficient (Wildman–Crippen LogP) is 4.46. The van der Waals surface area contributed by atoms with Crippen molar-refractivity contribution in [3.63, 3.8) is 0 Å². The minimum atomic E-state index is -0.503. The van der Waals surface area contributed by atoms with E-state index in [-0.39, 0.29) is 5.91 Å². The molecule has 0 unspecified atom stereocenters. The first kappa shape index (κ1) is 19.6. The zero-order valence-electron chi connectivity index (χ0n) is 16.2. The lowest BCUT2D eigenvalue weighted by atomic mass is 10.1. The minimum Gasteiger partial charge on any atom is -0.479 e. The quantitative estimate of drug-likeness (QED) is 0.760. The molecule has 1 saturated heterocycles. The van der Waals surface area contributed by atoms with Crippen LogP contribution in [0.4, 0.5) is 5.69 Å². The molecule has 2 aromatic carbocycles. The Kier molecular flexibility index (Phi) is 6.27. The van der Waals surface area contributed by atoms with Gasteiger partial charge in [-0.25, -0.2) is 0 Å². The maximum Gasteiger partial charge on any atom is 0.263 e. The Labute approximate surface area is 166 Å². The summed E-state index contributed by atoms with van der Waals surface area (Å²) in [5.41, 5.74) is 3.87. The van der Waals surface area contributed by atoms with Gasteiger partial charge in [0.15, 0.2) is 6.10 Å². The summed E-state index contributed by atoms with van der Waals surface area (Å²) in [5.74, 6) is 0.603. The fraction of sp³-hybridized carbons (Fsp3) is 0.409. The van der Waals surface area contributed by atoms with Gasteiger partial charge in [0, 0.05) is 31.9 Å². The molecule has 0 N–H and O–H groups in total. The lowest BCUT2D eigenvalue weighted by Gasteiger charge is -2.38. The van der Waals surface area contributed by atoms with E-state index in [9.17, 15) is 4.79 Å². The van der Waals surface area contributed by atoms with Gasteiger partial charge in [-0.1, -0.05) is 42.8 Å². The second-order valence-corrected chi connectivity index (χ2v) is 7.38. The summed E-state index contributed by atoms with van der Waals surface area (Å²) in [5, 5.41) is 0.531. The number of piperazine rings is 1. The number of amides is 1. The smallest absolute Gasteiger partial charge is 0.263 e. The molecule has 1 amide bonds. The van der Waals surface area contributed by atoms with Crippen molar-refractivity contribution in [3.8, 4) is 5.75 Å². The second kappa shape index (κ2) is 8.66. The first-order valence-corrected chi connectivity index (χ1v) is 9.90. The number of benzene rings is 2. The number of carbonyl (C=O) groups is 1. The average Bonchev–Trinajstić information content (AvgIpc) is 2.69. The molecule has 4 nitrogen and oxygen atoms in total. The summed E-state index contributed by atoms with van der Waals surface area (Å²) in [6.45, 7) is 9.33. The highest BCUT2D eigenvalue weighted by atomic mass is 35.5. The van der Waals surface area contributed by atoms with Crippen molar-refractivity contribution in [1.82, 2.24) is 4.90 Å². The highest BCUT2D eigenvalue weighted by Crippen LogP contribution is 2.26. The van der Waals surface area contributed by atoms with Gasteiger partial charge < -0.3 is 14.5 Å². The largest absolute Gasteiger partial charge is 0.479 e. The molecule has 2 aromatic rings. The third-order valence-electron chi connectivity index (χ3n) is 5.26. The monoisotopic (exact) mass is 386 g/mol. The van der Waals surface area contributed by atoms with E-state index in [0.717, 1.165) is 13.1 Å². The van der Waals surface area contributed by atoms with Gasteiger partial charge in [0.1, 0.15) is 5.75 Å². The van der Waals surface area contributed by atoms with Crippen LogP contribution in [0.15, 0.2) is 42.5 Å². The maximum atomic E-state index is 12.9. The van der Waals surface area contributed by atoms with Crippen LogP contribution in [0.25, 0.3) is 0 Å². The number of rotatable bonds is 5. The summed E-state index contributed by atoms with van der Waals surface area (Å²) < 4.78 is 5.92. The average molecular weight is 387 g/mol. The number of nitrogens with zero attached hydrogens (tertiary/aromatic N) is 2. The molecule has 0 radical (unpaired) electrons. The fourth-order valence-corrected chi connectivity index (χ4v) is 3.63. The third kappa shape index (κ3) is 4.38. The van der Waals surface area contributed by atoms with Crippen LogP contribution in [0, 0.1) is 13.8 Å². The van der Waals surface area contributed by atoms with E-state index in [1.54, 1.807) is 12.1 Å². The Bertz CT molecular complexity index is 801. The highest BCUT2D eigenvalue weighted by molar-refractivity contribution is 6.32. The Morgan fingerprint density at radius 1 is 1.07 bits per heavy atom. The molecule has 27 heavy (non-hydrogen) atoms. The lowest BCUT2D eigenvalue weighted by molar-refractivity contribution is -0.139. The summed E-state index contributed by atoms with van der Waals surface area (Å²) in [6, 6.07) is 13.7. The molecule has 5 heteroatoms. The molecule has 1 aliphatic heterocycles. The molecule has 144 valence electrons. The van der Waals surface area contributed by atoms with Crippen LogP contribution in [0.3, 0.4) is 0 Å². The SMILES string of the molecule is CC[C@H](Oc1ccccc1Cl)C(=O)N1CCN(c2cccc(C)c2C)CC1. The molecule has 1 heterocycles. The Morgan fingerprint density at radius 2 is 1.78 bits per heavy atom. The molecule has 1 fully saturated rings. The molecule has 1 aliphatic rings. The predicted molar refractivity (Wildman–Crippen MR) is 111 cm³/mol. The molecule has 0 aliphatic carbocycles. The number of hydrogen-bond donors (Lipinski definition) is 0. The van der Waals surface area contributed by atoms with E-state index in [1.807, 2.05) is 24.0 Å². The van der Waals surface area contributed by atoms with Gasteiger partial charge in [-0.15, -0.1) is 0 Å². The van der Waals surface area contributed by atoms with Gasteiger partial charge in [0.05, 0.1) is 5.02 Å². The third-order valence-corrected chi connectivity index (χ3v) is 5.57. The molecule has 0 saturated carbocycles. The van der Waals surface area contributed by atoms with E-state index in [2.05, 4.69) is 36.9 Å². The number of para-hydroxylation sites is 1. The normalized spacial score (nSPS) is 15.6. The maximum absolute atomic E-state index is 12.9. The first-order valence-electron chi connectivity index (χ1n) is 9.52. The molecule has 1 atom stereocenters. The van der Waals surface area contributed by atoms with Crippen LogP contribution in [0.1, 0.15) is 24.5 Å². The van der Waals surface area contributed by atoms with Crippen LogP contribution in [-0.4, -0.2) is 43.1 Å². The summed E-state index contributed by atoms with van der Waals surface area (Å²) in [4.78, 5) is 17.2. The van der Waals surface area contributed by atoms with Crippen LogP contribution < -0.4 is 9.64 Å². The molecular weight excluding hydrogens is 360 g/mol. The van der Waals surface area contributed by atoms with Gasteiger partial charge in [0.25, 0.3) is 5.91 Å². The number of ether oxygens (including phenoxy) is 1.